The third kappa shape index (κ3) is 17.3. The SMILES string of the molecule is CC(C)(COP(=O)(O)OP(=O)(O)OCC1OC(n2cnc3c(N)ncnc32)C(O)C1OP(=O)(O)O)C(O)C(=O)NCCC(=O)NCCSC(=O)C(N)CCSCC(O)C(O)C(=O)CO. The van der Waals surface area contributed by atoms with E-state index < -0.39 is 115 Å². The molecule has 2 aromatic rings. The maximum atomic E-state index is 12.7. The lowest BCUT2D eigenvalue weighted by molar-refractivity contribution is -0.137. The first kappa shape index (κ1) is 55.7. The van der Waals surface area contributed by atoms with Crippen LogP contribution in [-0.2, 0) is 55.5 Å². The van der Waals surface area contributed by atoms with Gasteiger partial charge in [-0.05, 0) is 12.2 Å². The zero-order valence-corrected chi connectivity index (χ0v) is 38.2. The average molecular weight is 1020 g/mol. The number of phosphoric acid groups is 3. The number of aliphatic hydroxyl groups is 5. The number of ether oxygens (including phenoxy) is 1. The molecule has 0 radical (unpaired) electrons. The van der Waals surface area contributed by atoms with E-state index in [4.69, 9.17) is 30.4 Å². The number of fused-ring (bicyclic) bond motifs is 1. The van der Waals surface area contributed by atoms with E-state index >= 15 is 0 Å². The summed E-state index contributed by atoms with van der Waals surface area (Å²) in [5.74, 6) is -2.10. The number of rotatable bonds is 28. The number of aliphatic hydroxyl groups excluding tert-OH is 5. The molecule has 0 spiro atoms. The van der Waals surface area contributed by atoms with E-state index in [1.165, 1.54) is 13.8 Å². The summed E-state index contributed by atoms with van der Waals surface area (Å²) in [4.78, 5) is 99.3. The molecular formula is C30H51N8O21P3S2. The predicted molar refractivity (Wildman–Crippen MR) is 221 cm³/mol. The number of carbonyl (C=O) groups is 4. The summed E-state index contributed by atoms with van der Waals surface area (Å²) in [6.45, 7) is -0.795. The van der Waals surface area contributed by atoms with Crippen LogP contribution in [-0.4, -0.2) is 180 Å². The number of hydrogen-bond acceptors (Lipinski definition) is 24. The molecule has 34 heteroatoms. The Balaban J connectivity index is 1.39. The predicted octanol–water partition coefficient (Wildman–Crippen LogP) is -3.60. The van der Waals surface area contributed by atoms with Crippen molar-refractivity contribution in [3.63, 3.8) is 0 Å². The standard InChI is InChI=1S/C30H51N8O21P3S2/c1-30(2,24(45)27(46)34-5-3-19(42)33-6-8-64-29(47)15(31)4-7-63-11-17(41)21(43)16(40)9-39)12-56-62(53,54)59-61(51,52)55-10-18-23(58-60(48,49)50)22(44)28(57-18)38-14-37-20-25(32)35-13-36-26(20)38/h13-15,17-18,21-24,28,39,41,43-45H,3-12,31H2,1-2H3,(H,33,42)(H,34,46)(H,51,52)(H,53,54)(H2,32,35,36)(H2,48,49,50). The Hall–Kier alpha value is -2.58. The van der Waals surface area contributed by atoms with Crippen LogP contribution in [0, 0.1) is 5.41 Å². The molecule has 1 aliphatic heterocycles. The van der Waals surface area contributed by atoms with Crippen molar-refractivity contribution in [2.24, 2.45) is 11.1 Å². The molecule has 2 aromatic heterocycles. The topological polar surface area (TPSA) is 467 Å². The number of hydrogen-bond donors (Lipinski definition) is 13. The van der Waals surface area contributed by atoms with Gasteiger partial charge >= 0.3 is 23.5 Å². The van der Waals surface area contributed by atoms with Crippen molar-refractivity contribution in [3.8, 4) is 0 Å². The van der Waals surface area contributed by atoms with Crippen LogP contribution in [0.1, 0.15) is 32.9 Å². The molecule has 1 aliphatic rings. The normalized spacial score (nSPS) is 21.9. The highest BCUT2D eigenvalue weighted by molar-refractivity contribution is 8.13. The molecule has 29 nitrogen and oxygen atoms in total. The van der Waals surface area contributed by atoms with E-state index in [0.29, 0.717) is 5.75 Å². The number of aromatic nitrogens is 4. The minimum absolute atomic E-state index is 0.0125. The molecule has 0 aromatic carbocycles. The molecular weight excluding hydrogens is 965 g/mol. The van der Waals surface area contributed by atoms with Crippen LogP contribution in [0.3, 0.4) is 0 Å². The van der Waals surface area contributed by atoms with Crippen molar-refractivity contribution in [2.45, 2.75) is 75.6 Å². The molecule has 3 rings (SSSR count). The minimum Gasteiger partial charge on any atom is -0.389 e. The van der Waals surface area contributed by atoms with Gasteiger partial charge in [-0.15, -0.1) is 0 Å². The van der Waals surface area contributed by atoms with Crippen LogP contribution in [0.2, 0.25) is 0 Å². The molecule has 10 unspecified atom stereocenters. The van der Waals surface area contributed by atoms with E-state index in [0.717, 1.165) is 40.7 Å². The smallest absolute Gasteiger partial charge is 0.389 e. The third-order valence-corrected chi connectivity index (χ3v) is 14.0. The molecule has 364 valence electrons. The van der Waals surface area contributed by atoms with Gasteiger partial charge in [0.15, 0.2) is 23.5 Å². The fraction of sp³-hybridized carbons (Fsp3) is 0.700. The number of nitrogens with two attached hydrogens (primary N) is 2. The zero-order chi connectivity index (χ0) is 48.2. The summed E-state index contributed by atoms with van der Waals surface area (Å²) in [5.41, 5.74) is 10.0. The number of nitrogens with zero attached hydrogens (tertiary/aromatic N) is 4. The highest BCUT2D eigenvalue weighted by atomic mass is 32.2. The van der Waals surface area contributed by atoms with Crippen LogP contribution < -0.4 is 22.1 Å². The van der Waals surface area contributed by atoms with Crippen molar-refractivity contribution >= 4 is 86.7 Å². The number of anilines is 1. The van der Waals surface area contributed by atoms with Gasteiger partial charge in [-0.25, -0.2) is 28.6 Å². The summed E-state index contributed by atoms with van der Waals surface area (Å²) < 4.78 is 62.1. The van der Waals surface area contributed by atoms with E-state index in [1.807, 2.05) is 0 Å². The van der Waals surface area contributed by atoms with Crippen LogP contribution in [0.4, 0.5) is 5.82 Å². The monoisotopic (exact) mass is 1020 g/mol. The van der Waals surface area contributed by atoms with Gasteiger partial charge in [-0.1, -0.05) is 25.6 Å². The van der Waals surface area contributed by atoms with Crippen LogP contribution >= 0.6 is 47.0 Å². The van der Waals surface area contributed by atoms with Crippen molar-refractivity contribution in [2.75, 3.05) is 55.9 Å². The molecule has 3 heterocycles. The Kier molecular flexibility index (Phi) is 21.3. The molecule has 2 amide bonds. The Morgan fingerprint density at radius 3 is 2.33 bits per heavy atom. The lowest BCUT2D eigenvalue weighted by Gasteiger charge is -2.30. The van der Waals surface area contributed by atoms with Gasteiger partial charge in [0, 0.05) is 36.4 Å². The lowest BCUT2D eigenvalue weighted by Crippen LogP contribution is -2.46. The lowest BCUT2D eigenvalue weighted by atomic mass is 9.87. The van der Waals surface area contributed by atoms with Crippen molar-refractivity contribution in [1.82, 2.24) is 30.2 Å². The Morgan fingerprint density at radius 2 is 1.67 bits per heavy atom. The first-order valence-corrected chi connectivity index (χ1v) is 25.2. The number of nitrogens with one attached hydrogen (secondary N) is 2. The van der Waals surface area contributed by atoms with Gasteiger partial charge in [0.2, 0.25) is 16.9 Å². The number of thioether (sulfide) groups is 2. The highest BCUT2D eigenvalue weighted by Crippen LogP contribution is 2.61. The Bertz CT molecular complexity index is 2070. The summed E-state index contributed by atoms with van der Waals surface area (Å²) in [5, 5.41) is 54.0. The maximum Gasteiger partial charge on any atom is 0.481 e. The van der Waals surface area contributed by atoms with Gasteiger partial charge < -0.3 is 71.9 Å². The van der Waals surface area contributed by atoms with Crippen LogP contribution in [0.25, 0.3) is 11.2 Å². The zero-order valence-electron chi connectivity index (χ0n) is 33.9. The van der Waals surface area contributed by atoms with Crippen molar-refractivity contribution < 1.29 is 101 Å². The molecule has 1 fully saturated rings. The second kappa shape index (κ2) is 24.4. The molecule has 1 saturated heterocycles. The Morgan fingerprint density at radius 1 is 1.00 bits per heavy atom. The molecule has 0 aliphatic carbocycles. The first-order chi connectivity index (χ1) is 29.7. The maximum absolute atomic E-state index is 12.7. The number of amides is 2. The number of ketones is 1. The summed E-state index contributed by atoms with van der Waals surface area (Å²) >= 11 is 2.00. The van der Waals surface area contributed by atoms with Crippen molar-refractivity contribution in [1.29, 1.82) is 0 Å². The van der Waals surface area contributed by atoms with Gasteiger partial charge in [-0.3, -0.25) is 37.3 Å². The minimum atomic E-state index is -5.61. The molecule has 10 atom stereocenters. The van der Waals surface area contributed by atoms with Crippen molar-refractivity contribution in [3.05, 3.63) is 12.7 Å². The van der Waals surface area contributed by atoms with Gasteiger partial charge in [-0.2, -0.15) is 16.1 Å². The molecule has 15 N–H and O–H groups in total. The van der Waals surface area contributed by atoms with Gasteiger partial charge in [0.25, 0.3) is 0 Å². The average Bonchev–Trinajstić information content (AvgIpc) is 3.78. The number of nitrogen functional groups attached to an aromatic ring is 1. The number of phosphoric ester groups is 3. The summed E-state index contributed by atoms with van der Waals surface area (Å²) in [7, 11) is -16.5. The fourth-order valence-corrected chi connectivity index (χ4v) is 9.90. The Labute approximate surface area is 371 Å². The van der Waals surface area contributed by atoms with E-state index in [2.05, 4.69) is 34.4 Å². The van der Waals surface area contributed by atoms with Crippen LogP contribution in [0.5, 0.6) is 0 Å². The first-order valence-electron chi connectivity index (χ1n) is 18.6. The molecule has 64 heavy (non-hydrogen) atoms. The highest BCUT2D eigenvalue weighted by Gasteiger charge is 2.50. The number of carbonyl (C=O) groups excluding carboxylic acids is 4. The van der Waals surface area contributed by atoms with Gasteiger partial charge in [0.05, 0.1) is 31.7 Å². The van der Waals surface area contributed by atoms with E-state index in [9.17, 15) is 72.9 Å². The fourth-order valence-electron chi connectivity index (χ4n) is 5.32. The van der Waals surface area contributed by atoms with E-state index in [-0.39, 0.29) is 59.5 Å². The molecule has 0 saturated carbocycles. The number of Topliss-reactive ketones (excluding diaryl/α,β-unsaturated/α-hetero) is 1. The summed E-state index contributed by atoms with van der Waals surface area (Å²) in [6.07, 6.45) is -10.1. The van der Waals surface area contributed by atoms with Crippen LogP contribution in [0.15, 0.2) is 12.7 Å². The second-order valence-corrected chi connectivity index (χ2v) is 20.8. The second-order valence-electron chi connectivity index (χ2n) is 14.3. The quantitative estimate of drug-likeness (QED) is 0.0289. The van der Waals surface area contributed by atoms with Gasteiger partial charge in [0.1, 0.15) is 49.0 Å². The molecule has 0 bridgehead atoms. The van der Waals surface area contributed by atoms with E-state index in [1.54, 1.807) is 0 Å². The third-order valence-electron chi connectivity index (χ3n) is 8.76. The largest absolute Gasteiger partial charge is 0.481 e. The summed E-state index contributed by atoms with van der Waals surface area (Å²) in [6, 6.07) is -0.869. The number of imidazole rings is 1.